The molecule has 0 heterocycles. The first-order valence-electron chi connectivity index (χ1n) is 9.64. The molecule has 0 spiro atoms. The summed E-state index contributed by atoms with van der Waals surface area (Å²) in [7, 11) is 0. The number of hydrogen-bond acceptors (Lipinski definition) is 3. The fourth-order valence-electron chi connectivity index (χ4n) is 2.94. The third-order valence-electron chi connectivity index (χ3n) is 4.67. The molecule has 0 bridgehead atoms. The Kier molecular flexibility index (Phi) is 8.26. The molecular weight excluding hydrogens is 633 g/mol. The van der Waals surface area contributed by atoms with Crippen molar-refractivity contribution in [2.75, 3.05) is 5.32 Å². The number of hydrogen-bond donors (Lipinski definition) is 1. The molecule has 0 unspecified atom stereocenters. The number of anilines is 1. The average Bonchev–Trinajstić information content (AvgIpc) is 2.75. The number of nitrogens with zero attached hydrogens (tertiary/aromatic N) is 1. The summed E-state index contributed by atoms with van der Waals surface area (Å²) in [6.45, 7) is 3.95. The van der Waals surface area contributed by atoms with Gasteiger partial charge in [-0.15, -0.1) is 0 Å². The predicted octanol–water partition coefficient (Wildman–Crippen LogP) is 6.78. The van der Waals surface area contributed by atoms with Crippen LogP contribution in [0.5, 0.6) is 5.75 Å². The number of ether oxygens (including phenoxy) is 1. The second-order valence-electron chi connectivity index (χ2n) is 7.14. The van der Waals surface area contributed by atoms with E-state index in [0.29, 0.717) is 22.6 Å². The highest BCUT2D eigenvalue weighted by atomic mass is 127. The number of benzene rings is 3. The summed E-state index contributed by atoms with van der Waals surface area (Å²) in [6.07, 6.45) is 1.55. The van der Waals surface area contributed by atoms with Gasteiger partial charge in [0, 0.05) is 11.3 Å². The van der Waals surface area contributed by atoms with E-state index < -0.39 is 5.91 Å². The number of rotatable bonds is 6. The van der Waals surface area contributed by atoms with E-state index in [0.717, 1.165) is 18.3 Å². The highest BCUT2D eigenvalue weighted by Gasteiger charge is 2.14. The van der Waals surface area contributed by atoms with E-state index in [4.69, 9.17) is 4.74 Å². The van der Waals surface area contributed by atoms with Gasteiger partial charge in [-0.3, -0.25) is 4.79 Å². The molecule has 0 saturated carbocycles. The second kappa shape index (κ2) is 10.9. The van der Waals surface area contributed by atoms with Crippen LogP contribution in [0.25, 0.3) is 6.08 Å². The van der Waals surface area contributed by atoms with E-state index >= 15 is 0 Å². The van der Waals surface area contributed by atoms with Crippen molar-refractivity contribution < 1.29 is 13.9 Å². The van der Waals surface area contributed by atoms with Crippen LogP contribution in [0.4, 0.5) is 10.1 Å². The predicted molar refractivity (Wildman–Crippen MR) is 141 cm³/mol. The van der Waals surface area contributed by atoms with Gasteiger partial charge in [-0.1, -0.05) is 30.3 Å². The van der Waals surface area contributed by atoms with Crippen LogP contribution in [0, 0.1) is 38.1 Å². The molecule has 3 aromatic carbocycles. The molecule has 0 aliphatic carbocycles. The minimum absolute atomic E-state index is 0.00229. The molecule has 0 radical (unpaired) electrons. The molecule has 3 rings (SSSR count). The fourth-order valence-corrected chi connectivity index (χ4v) is 5.07. The van der Waals surface area contributed by atoms with Crippen molar-refractivity contribution in [1.82, 2.24) is 0 Å². The first kappa shape index (κ1) is 24.2. The van der Waals surface area contributed by atoms with E-state index in [1.807, 2.05) is 50.2 Å². The standard InChI is InChI=1S/C25H19FI2N2O2/c1-15-7-8-16(2)23(9-15)30-25(31)19(13-29)10-17-11-21(27)24(22(28)12-17)32-14-18-5-3-4-6-20(18)26/h3-12H,14H2,1-2H3,(H,30,31)/b19-10+. The van der Waals surface area contributed by atoms with Crippen molar-refractivity contribution in [3.05, 3.63) is 95.4 Å². The van der Waals surface area contributed by atoms with Gasteiger partial charge in [-0.2, -0.15) is 5.26 Å². The molecule has 32 heavy (non-hydrogen) atoms. The maximum atomic E-state index is 13.9. The molecule has 162 valence electrons. The number of carbonyl (C=O) groups is 1. The zero-order valence-electron chi connectivity index (χ0n) is 17.4. The van der Waals surface area contributed by atoms with Gasteiger partial charge in [0.1, 0.15) is 29.8 Å². The minimum atomic E-state index is -0.467. The Hall–Kier alpha value is -2.45. The first-order chi connectivity index (χ1) is 15.3. The highest BCUT2D eigenvalue weighted by molar-refractivity contribution is 14.1. The number of nitrogens with one attached hydrogen (secondary N) is 1. The zero-order chi connectivity index (χ0) is 23.3. The maximum Gasteiger partial charge on any atom is 0.266 e. The van der Waals surface area contributed by atoms with Crippen LogP contribution in [0.3, 0.4) is 0 Å². The van der Waals surface area contributed by atoms with Crippen LogP contribution in [0.15, 0.2) is 60.2 Å². The van der Waals surface area contributed by atoms with Gasteiger partial charge < -0.3 is 10.1 Å². The van der Waals surface area contributed by atoms with Gasteiger partial charge in [-0.25, -0.2) is 4.39 Å². The topological polar surface area (TPSA) is 62.1 Å². The molecule has 4 nitrogen and oxygen atoms in total. The first-order valence-corrected chi connectivity index (χ1v) is 11.8. The Morgan fingerprint density at radius 2 is 1.81 bits per heavy atom. The van der Waals surface area contributed by atoms with Gasteiger partial charge in [0.2, 0.25) is 0 Å². The highest BCUT2D eigenvalue weighted by Crippen LogP contribution is 2.31. The maximum absolute atomic E-state index is 13.9. The molecule has 0 aromatic heterocycles. The zero-order valence-corrected chi connectivity index (χ0v) is 21.7. The van der Waals surface area contributed by atoms with Gasteiger partial charge in [0.05, 0.1) is 7.14 Å². The summed E-state index contributed by atoms with van der Waals surface area (Å²) < 4.78 is 21.3. The second-order valence-corrected chi connectivity index (χ2v) is 9.46. The van der Waals surface area contributed by atoms with Crippen molar-refractivity contribution in [3.8, 4) is 11.8 Å². The molecule has 0 saturated heterocycles. The van der Waals surface area contributed by atoms with Crippen LogP contribution in [0.1, 0.15) is 22.3 Å². The Morgan fingerprint density at radius 1 is 1.12 bits per heavy atom. The molecule has 7 heteroatoms. The van der Waals surface area contributed by atoms with Crippen LogP contribution in [-0.2, 0) is 11.4 Å². The smallest absolute Gasteiger partial charge is 0.266 e. The van der Waals surface area contributed by atoms with E-state index in [2.05, 4.69) is 50.5 Å². The number of amides is 1. The molecule has 1 N–H and O–H groups in total. The Balaban J connectivity index is 1.80. The summed E-state index contributed by atoms with van der Waals surface area (Å²) in [4.78, 5) is 12.7. The fraction of sp³-hybridized carbons (Fsp3) is 0.120. The average molecular weight is 652 g/mol. The summed E-state index contributed by atoms with van der Waals surface area (Å²) >= 11 is 4.26. The Morgan fingerprint density at radius 3 is 2.47 bits per heavy atom. The van der Waals surface area contributed by atoms with E-state index in [9.17, 15) is 14.4 Å². The SMILES string of the molecule is Cc1ccc(C)c(NC(=O)/C(C#N)=C/c2cc(I)c(OCc3ccccc3F)c(I)c2)c1. The van der Waals surface area contributed by atoms with Crippen molar-refractivity contribution in [1.29, 1.82) is 5.26 Å². The number of aryl methyl sites for hydroxylation is 2. The van der Waals surface area contributed by atoms with Crippen LogP contribution < -0.4 is 10.1 Å². The lowest BCUT2D eigenvalue weighted by Crippen LogP contribution is -2.14. The summed E-state index contributed by atoms with van der Waals surface area (Å²) in [5, 5.41) is 12.4. The molecular formula is C25H19FI2N2O2. The van der Waals surface area contributed by atoms with Crippen LogP contribution in [-0.4, -0.2) is 5.91 Å². The van der Waals surface area contributed by atoms with Gasteiger partial charge in [0.25, 0.3) is 5.91 Å². The van der Waals surface area contributed by atoms with Gasteiger partial charge in [0.15, 0.2) is 0 Å². The molecule has 0 aliphatic heterocycles. The number of nitriles is 1. The number of halogens is 3. The van der Waals surface area contributed by atoms with Crippen LogP contribution in [0.2, 0.25) is 0 Å². The molecule has 0 fully saturated rings. The molecule has 1 amide bonds. The van der Waals surface area contributed by atoms with Crippen molar-refractivity contribution in [3.63, 3.8) is 0 Å². The summed E-state index contributed by atoms with van der Waals surface area (Å²) in [6, 6.07) is 17.9. The van der Waals surface area contributed by atoms with Gasteiger partial charge in [-0.05, 0) is 106 Å². The molecule has 0 atom stereocenters. The van der Waals surface area contributed by atoms with Crippen molar-refractivity contribution in [2.24, 2.45) is 0 Å². The quantitative estimate of drug-likeness (QED) is 0.182. The Labute approximate surface area is 213 Å². The Bertz CT molecular complexity index is 1230. The van der Waals surface area contributed by atoms with Crippen molar-refractivity contribution in [2.45, 2.75) is 20.5 Å². The van der Waals surface area contributed by atoms with E-state index in [-0.39, 0.29) is 18.0 Å². The molecule has 0 aliphatic rings. The van der Waals surface area contributed by atoms with Crippen LogP contribution >= 0.6 is 45.2 Å². The summed E-state index contributed by atoms with van der Waals surface area (Å²) in [5.41, 5.74) is 3.78. The lowest BCUT2D eigenvalue weighted by atomic mass is 10.1. The lowest BCUT2D eigenvalue weighted by molar-refractivity contribution is -0.112. The normalized spacial score (nSPS) is 11.1. The summed E-state index contributed by atoms with van der Waals surface area (Å²) in [5.74, 6) is -0.151. The van der Waals surface area contributed by atoms with Crippen molar-refractivity contribution >= 4 is 62.9 Å². The lowest BCUT2D eigenvalue weighted by Gasteiger charge is -2.12. The van der Waals surface area contributed by atoms with E-state index in [1.165, 1.54) is 6.07 Å². The minimum Gasteiger partial charge on any atom is -0.487 e. The number of carbonyl (C=O) groups excluding carboxylic acids is 1. The molecule has 3 aromatic rings. The largest absolute Gasteiger partial charge is 0.487 e. The van der Waals surface area contributed by atoms with Gasteiger partial charge >= 0.3 is 0 Å². The third-order valence-corrected chi connectivity index (χ3v) is 6.27. The monoisotopic (exact) mass is 652 g/mol. The third kappa shape index (κ3) is 6.07. The van der Waals surface area contributed by atoms with E-state index in [1.54, 1.807) is 24.3 Å².